The molecule has 23 heavy (non-hydrogen) atoms. The molecule has 7 heteroatoms. The lowest BCUT2D eigenvalue weighted by molar-refractivity contribution is 0.291. The molecule has 0 aliphatic carbocycles. The standard InChI is InChI=1S/C16H14N4O3/c1-2-19-11-13(10-18)15(21)20(16(19)22)6-7-23-14-5-3-4-12(8-14)9-17/h3-5,8,11H,2,6-7H2,1H3. The maximum atomic E-state index is 12.1. The molecule has 0 aliphatic heterocycles. The fourth-order valence-corrected chi connectivity index (χ4v) is 2.06. The fourth-order valence-electron chi connectivity index (χ4n) is 2.06. The SMILES string of the molecule is CCn1cc(C#N)c(=O)n(CCOc2cccc(C#N)c2)c1=O. The number of nitriles is 2. The van der Waals surface area contributed by atoms with Crippen molar-refractivity contribution in [2.75, 3.05) is 6.61 Å². The highest BCUT2D eigenvalue weighted by molar-refractivity contribution is 5.36. The predicted molar refractivity (Wildman–Crippen MR) is 82.0 cm³/mol. The second-order valence-electron chi connectivity index (χ2n) is 4.67. The third-order valence-electron chi connectivity index (χ3n) is 3.24. The van der Waals surface area contributed by atoms with Gasteiger partial charge in [-0.25, -0.2) is 4.79 Å². The summed E-state index contributed by atoms with van der Waals surface area (Å²) in [4.78, 5) is 24.2. The maximum Gasteiger partial charge on any atom is 0.331 e. The lowest BCUT2D eigenvalue weighted by Crippen LogP contribution is -2.41. The normalized spacial score (nSPS) is 9.87. The van der Waals surface area contributed by atoms with Crippen LogP contribution in [0.1, 0.15) is 18.1 Å². The smallest absolute Gasteiger partial charge is 0.331 e. The molecule has 0 atom stereocenters. The minimum Gasteiger partial charge on any atom is -0.492 e. The monoisotopic (exact) mass is 310 g/mol. The molecule has 0 N–H and O–H groups in total. The first-order valence-corrected chi connectivity index (χ1v) is 6.98. The van der Waals surface area contributed by atoms with Gasteiger partial charge in [0, 0.05) is 12.7 Å². The van der Waals surface area contributed by atoms with Gasteiger partial charge in [0.05, 0.1) is 18.2 Å². The van der Waals surface area contributed by atoms with E-state index in [1.54, 1.807) is 37.3 Å². The summed E-state index contributed by atoms with van der Waals surface area (Å²) >= 11 is 0. The molecule has 0 radical (unpaired) electrons. The van der Waals surface area contributed by atoms with Crippen LogP contribution in [0.3, 0.4) is 0 Å². The molecule has 0 aliphatic rings. The molecule has 0 bridgehead atoms. The van der Waals surface area contributed by atoms with Crippen LogP contribution in [0, 0.1) is 22.7 Å². The number of rotatable bonds is 5. The summed E-state index contributed by atoms with van der Waals surface area (Å²) in [5.41, 5.74) is -0.736. The summed E-state index contributed by atoms with van der Waals surface area (Å²) in [6.07, 6.45) is 1.26. The van der Waals surface area contributed by atoms with Crippen LogP contribution in [-0.4, -0.2) is 15.7 Å². The van der Waals surface area contributed by atoms with E-state index in [4.69, 9.17) is 15.3 Å². The van der Waals surface area contributed by atoms with Crippen LogP contribution in [0.4, 0.5) is 0 Å². The van der Waals surface area contributed by atoms with Crippen molar-refractivity contribution >= 4 is 0 Å². The summed E-state index contributed by atoms with van der Waals surface area (Å²) in [5, 5.41) is 17.8. The van der Waals surface area contributed by atoms with E-state index in [0.29, 0.717) is 17.9 Å². The topological polar surface area (TPSA) is 101 Å². The van der Waals surface area contributed by atoms with Gasteiger partial charge in [-0.05, 0) is 25.1 Å². The van der Waals surface area contributed by atoms with Gasteiger partial charge in [-0.1, -0.05) is 6.07 Å². The van der Waals surface area contributed by atoms with Crippen LogP contribution < -0.4 is 16.0 Å². The maximum absolute atomic E-state index is 12.1. The molecule has 2 aromatic rings. The van der Waals surface area contributed by atoms with Crippen molar-refractivity contribution in [1.82, 2.24) is 9.13 Å². The Bertz CT molecular complexity index is 913. The van der Waals surface area contributed by atoms with Crippen LogP contribution in [0.25, 0.3) is 0 Å². The van der Waals surface area contributed by atoms with E-state index in [1.807, 2.05) is 6.07 Å². The van der Waals surface area contributed by atoms with Crippen molar-refractivity contribution in [2.45, 2.75) is 20.0 Å². The zero-order valence-corrected chi connectivity index (χ0v) is 12.5. The molecule has 0 saturated carbocycles. The second kappa shape index (κ2) is 7.10. The van der Waals surface area contributed by atoms with E-state index >= 15 is 0 Å². The highest BCUT2D eigenvalue weighted by atomic mass is 16.5. The molecule has 2 rings (SSSR count). The van der Waals surface area contributed by atoms with Gasteiger partial charge in [-0.3, -0.25) is 13.9 Å². The first-order valence-electron chi connectivity index (χ1n) is 6.98. The Balaban J connectivity index is 2.21. The molecule has 1 aromatic heterocycles. The average Bonchev–Trinajstić information content (AvgIpc) is 2.58. The van der Waals surface area contributed by atoms with Crippen LogP contribution in [0.15, 0.2) is 40.1 Å². The molecular formula is C16H14N4O3. The van der Waals surface area contributed by atoms with Crippen LogP contribution in [-0.2, 0) is 13.1 Å². The summed E-state index contributed by atoms with van der Waals surface area (Å²) in [7, 11) is 0. The Labute approximate surface area is 132 Å². The minimum atomic E-state index is -0.628. The second-order valence-corrected chi connectivity index (χ2v) is 4.67. The van der Waals surface area contributed by atoms with E-state index in [0.717, 1.165) is 4.57 Å². The van der Waals surface area contributed by atoms with Crippen molar-refractivity contribution < 1.29 is 4.74 Å². The van der Waals surface area contributed by atoms with Crippen molar-refractivity contribution in [3.63, 3.8) is 0 Å². The largest absolute Gasteiger partial charge is 0.492 e. The average molecular weight is 310 g/mol. The highest BCUT2D eigenvalue weighted by Crippen LogP contribution is 2.12. The Kier molecular flexibility index (Phi) is 4.96. The van der Waals surface area contributed by atoms with Gasteiger partial charge in [0.15, 0.2) is 0 Å². The summed E-state index contributed by atoms with van der Waals surface area (Å²) < 4.78 is 7.75. The first-order chi connectivity index (χ1) is 11.1. The number of hydrogen-bond donors (Lipinski definition) is 0. The predicted octanol–water partition coefficient (Wildman–Crippen LogP) is 0.852. The third-order valence-corrected chi connectivity index (χ3v) is 3.24. The Morgan fingerprint density at radius 1 is 1.22 bits per heavy atom. The van der Waals surface area contributed by atoms with Gasteiger partial charge >= 0.3 is 5.69 Å². The Morgan fingerprint density at radius 2 is 2.00 bits per heavy atom. The summed E-state index contributed by atoms with van der Waals surface area (Å²) in [5.74, 6) is 0.476. The Hall–Kier alpha value is -3.32. The third kappa shape index (κ3) is 3.47. The van der Waals surface area contributed by atoms with Gasteiger partial charge in [0.2, 0.25) is 0 Å². The van der Waals surface area contributed by atoms with Crippen LogP contribution in [0.2, 0.25) is 0 Å². The zero-order valence-electron chi connectivity index (χ0n) is 12.5. The van der Waals surface area contributed by atoms with Gasteiger partial charge in [0.1, 0.15) is 24.0 Å². The zero-order chi connectivity index (χ0) is 16.8. The van der Waals surface area contributed by atoms with Crippen molar-refractivity contribution in [2.24, 2.45) is 0 Å². The number of ether oxygens (including phenoxy) is 1. The lowest BCUT2D eigenvalue weighted by Gasteiger charge is -2.10. The molecule has 1 aromatic carbocycles. The summed E-state index contributed by atoms with van der Waals surface area (Å²) in [6, 6.07) is 10.4. The van der Waals surface area contributed by atoms with Crippen molar-refractivity contribution in [3.05, 3.63) is 62.4 Å². The van der Waals surface area contributed by atoms with E-state index in [-0.39, 0.29) is 18.7 Å². The molecule has 0 amide bonds. The van der Waals surface area contributed by atoms with Gasteiger partial charge < -0.3 is 4.74 Å². The summed E-state index contributed by atoms with van der Waals surface area (Å²) in [6.45, 7) is 2.20. The van der Waals surface area contributed by atoms with E-state index in [1.165, 1.54) is 10.8 Å². The van der Waals surface area contributed by atoms with E-state index < -0.39 is 11.2 Å². The molecule has 1 heterocycles. The van der Waals surface area contributed by atoms with Crippen molar-refractivity contribution in [3.8, 4) is 17.9 Å². The van der Waals surface area contributed by atoms with Gasteiger partial charge in [-0.2, -0.15) is 10.5 Å². The van der Waals surface area contributed by atoms with Crippen LogP contribution >= 0.6 is 0 Å². The first kappa shape index (κ1) is 16.1. The quantitative estimate of drug-likeness (QED) is 0.815. The van der Waals surface area contributed by atoms with Crippen molar-refractivity contribution in [1.29, 1.82) is 10.5 Å². The molecule has 0 spiro atoms. The number of hydrogen-bond acceptors (Lipinski definition) is 5. The highest BCUT2D eigenvalue weighted by Gasteiger charge is 2.10. The minimum absolute atomic E-state index is 0.0178. The number of benzene rings is 1. The molecule has 0 fully saturated rings. The number of aryl methyl sites for hydroxylation is 1. The fraction of sp³-hybridized carbons (Fsp3) is 0.250. The van der Waals surface area contributed by atoms with E-state index in [9.17, 15) is 9.59 Å². The molecule has 0 saturated heterocycles. The lowest BCUT2D eigenvalue weighted by atomic mass is 10.2. The Morgan fingerprint density at radius 3 is 2.65 bits per heavy atom. The van der Waals surface area contributed by atoms with Crippen LogP contribution in [0.5, 0.6) is 5.75 Å². The molecule has 0 unspecified atom stereocenters. The molecule has 7 nitrogen and oxygen atoms in total. The molecular weight excluding hydrogens is 296 g/mol. The number of aromatic nitrogens is 2. The van der Waals surface area contributed by atoms with E-state index in [2.05, 4.69) is 0 Å². The number of nitrogens with zero attached hydrogens (tertiary/aromatic N) is 4. The van der Waals surface area contributed by atoms with Gasteiger partial charge in [-0.15, -0.1) is 0 Å². The molecule has 116 valence electrons. The van der Waals surface area contributed by atoms with Gasteiger partial charge in [0.25, 0.3) is 5.56 Å².